The molecule has 1 amide bonds. The Morgan fingerprint density at radius 3 is 2.53 bits per heavy atom. The maximum atomic E-state index is 13.4. The van der Waals surface area contributed by atoms with Crippen molar-refractivity contribution < 1.29 is 13.6 Å². The summed E-state index contributed by atoms with van der Waals surface area (Å²) in [7, 11) is 0. The van der Waals surface area contributed by atoms with Crippen LogP contribution in [0, 0.1) is 0 Å². The van der Waals surface area contributed by atoms with Gasteiger partial charge in [-0.1, -0.05) is 38.4 Å². The van der Waals surface area contributed by atoms with Gasteiger partial charge in [-0.25, -0.2) is 13.8 Å². The van der Waals surface area contributed by atoms with Gasteiger partial charge in [0.1, 0.15) is 5.82 Å². The maximum absolute atomic E-state index is 13.4. The summed E-state index contributed by atoms with van der Waals surface area (Å²) in [5.41, 5.74) is 3.51. The summed E-state index contributed by atoms with van der Waals surface area (Å²) in [4.78, 5) is 26.5. The Morgan fingerprint density at radius 2 is 1.88 bits per heavy atom. The first-order valence-corrected chi connectivity index (χ1v) is 10.9. The van der Waals surface area contributed by atoms with Gasteiger partial charge in [0.2, 0.25) is 0 Å². The molecular formula is C24H25ClF2N4O. The number of aromatic nitrogens is 3. The number of likely N-dealkylation sites (tertiary alicyclic amines) is 1. The number of hydrogen-bond acceptors (Lipinski definition) is 3. The number of H-pyrrole nitrogens is 1. The van der Waals surface area contributed by atoms with Crippen molar-refractivity contribution in [1.29, 1.82) is 0 Å². The third-order valence-electron chi connectivity index (χ3n) is 5.65. The van der Waals surface area contributed by atoms with Crippen LogP contribution in [0.3, 0.4) is 0 Å². The molecule has 0 spiro atoms. The largest absolute Gasteiger partial charge is 0.344 e. The summed E-state index contributed by atoms with van der Waals surface area (Å²) in [5.74, 6) is -2.29. The molecule has 1 aliphatic rings. The molecule has 1 aromatic carbocycles. The minimum Gasteiger partial charge on any atom is -0.344 e. The van der Waals surface area contributed by atoms with Crippen molar-refractivity contribution >= 4 is 17.5 Å². The van der Waals surface area contributed by atoms with Crippen molar-refractivity contribution in [1.82, 2.24) is 19.9 Å². The third-order valence-corrected chi connectivity index (χ3v) is 5.97. The zero-order chi connectivity index (χ0) is 23.1. The van der Waals surface area contributed by atoms with E-state index in [2.05, 4.69) is 35.7 Å². The molecule has 1 fully saturated rings. The molecule has 2 aromatic heterocycles. The van der Waals surface area contributed by atoms with Crippen molar-refractivity contribution in [2.45, 2.75) is 45.0 Å². The molecule has 0 radical (unpaired) electrons. The zero-order valence-electron chi connectivity index (χ0n) is 18.3. The highest BCUT2D eigenvalue weighted by atomic mass is 35.5. The molecule has 8 heteroatoms. The van der Waals surface area contributed by atoms with Crippen LogP contribution in [0.2, 0.25) is 5.02 Å². The molecule has 0 atom stereocenters. The van der Waals surface area contributed by atoms with Crippen molar-refractivity contribution in [3.05, 3.63) is 59.0 Å². The van der Waals surface area contributed by atoms with Crippen molar-refractivity contribution in [3.8, 4) is 22.6 Å². The molecule has 5 nitrogen and oxygen atoms in total. The molecule has 4 rings (SSSR count). The monoisotopic (exact) mass is 458 g/mol. The van der Waals surface area contributed by atoms with Crippen LogP contribution in [0.15, 0.2) is 42.7 Å². The second-order valence-corrected chi connectivity index (χ2v) is 9.56. The van der Waals surface area contributed by atoms with E-state index in [0.29, 0.717) is 27.7 Å². The quantitative estimate of drug-likeness (QED) is 0.526. The van der Waals surface area contributed by atoms with Crippen molar-refractivity contribution in [3.63, 3.8) is 0 Å². The molecule has 1 aliphatic heterocycles. The molecule has 0 unspecified atom stereocenters. The molecule has 0 aliphatic carbocycles. The summed E-state index contributed by atoms with van der Waals surface area (Å²) in [5, 5.41) is 0.376. The molecule has 32 heavy (non-hydrogen) atoms. The third kappa shape index (κ3) is 4.67. The van der Waals surface area contributed by atoms with Crippen LogP contribution in [0.25, 0.3) is 22.6 Å². The SMILES string of the molecule is CC(C)(C)c1cc(-c2nc(-c3ccc(C(=O)N4CCC(F)(F)CC4)cc3Cl)c[nH]2)ccn1. The molecule has 0 bridgehead atoms. The zero-order valence-corrected chi connectivity index (χ0v) is 19.0. The second kappa shape index (κ2) is 8.28. The lowest BCUT2D eigenvalue weighted by atomic mass is 9.91. The minimum atomic E-state index is -2.70. The van der Waals surface area contributed by atoms with Gasteiger partial charge in [0.25, 0.3) is 11.8 Å². The van der Waals surface area contributed by atoms with Crippen LogP contribution < -0.4 is 0 Å². The lowest BCUT2D eigenvalue weighted by Crippen LogP contribution is -2.42. The number of nitrogens with zero attached hydrogens (tertiary/aromatic N) is 3. The normalized spacial score (nSPS) is 16.2. The lowest BCUT2D eigenvalue weighted by Gasteiger charge is -2.31. The van der Waals surface area contributed by atoms with Crippen LogP contribution >= 0.6 is 11.6 Å². The fourth-order valence-electron chi connectivity index (χ4n) is 3.67. The van der Waals surface area contributed by atoms with Gasteiger partial charge in [0.15, 0.2) is 0 Å². The molecule has 3 aromatic rings. The topological polar surface area (TPSA) is 61.9 Å². The van der Waals surface area contributed by atoms with Gasteiger partial charge >= 0.3 is 0 Å². The van der Waals surface area contributed by atoms with Crippen LogP contribution in [-0.4, -0.2) is 44.8 Å². The number of nitrogens with one attached hydrogen (secondary N) is 1. The highest BCUT2D eigenvalue weighted by Crippen LogP contribution is 2.32. The first kappa shape index (κ1) is 22.4. The number of amides is 1. The summed E-state index contributed by atoms with van der Waals surface area (Å²) >= 11 is 6.48. The number of aromatic amines is 1. The van der Waals surface area contributed by atoms with Gasteiger partial charge in [-0.15, -0.1) is 0 Å². The number of carbonyl (C=O) groups excluding carboxylic acids is 1. The second-order valence-electron chi connectivity index (χ2n) is 9.16. The fourth-order valence-corrected chi connectivity index (χ4v) is 3.95. The van der Waals surface area contributed by atoms with E-state index in [4.69, 9.17) is 11.6 Å². The average Bonchev–Trinajstić information content (AvgIpc) is 3.22. The Bertz CT molecular complexity index is 1140. The van der Waals surface area contributed by atoms with E-state index in [-0.39, 0.29) is 37.3 Å². The van der Waals surface area contributed by atoms with Gasteiger partial charge in [0.05, 0.1) is 10.7 Å². The molecular weight excluding hydrogens is 434 g/mol. The van der Waals surface area contributed by atoms with E-state index < -0.39 is 5.92 Å². The molecule has 1 saturated heterocycles. The summed E-state index contributed by atoms with van der Waals surface area (Å²) in [6, 6.07) is 8.87. The highest BCUT2D eigenvalue weighted by Gasteiger charge is 2.35. The van der Waals surface area contributed by atoms with E-state index in [1.54, 1.807) is 30.6 Å². The Morgan fingerprint density at radius 1 is 1.16 bits per heavy atom. The van der Waals surface area contributed by atoms with Gasteiger partial charge in [0, 0.05) is 66.1 Å². The van der Waals surface area contributed by atoms with Crippen LogP contribution in [0.1, 0.15) is 49.7 Å². The first-order valence-electron chi connectivity index (χ1n) is 10.5. The number of piperidine rings is 1. The lowest BCUT2D eigenvalue weighted by molar-refractivity contribution is -0.0494. The van der Waals surface area contributed by atoms with Gasteiger partial charge < -0.3 is 9.88 Å². The smallest absolute Gasteiger partial charge is 0.253 e. The van der Waals surface area contributed by atoms with E-state index >= 15 is 0 Å². The predicted octanol–water partition coefficient (Wildman–Crippen LogP) is 5.96. The predicted molar refractivity (Wildman–Crippen MR) is 121 cm³/mol. The van der Waals surface area contributed by atoms with E-state index in [0.717, 1.165) is 11.3 Å². The summed E-state index contributed by atoms with van der Waals surface area (Å²) < 4.78 is 26.8. The minimum absolute atomic E-state index is 0.0381. The van der Waals surface area contributed by atoms with Crippen molar-refractivity contribution in [2.24, 2.45) is 0 Å². The highest BCUT2D eigenvalue weighted by molar-refractivity contribution is 6.33. The maximum Gasteiger partial charge on any atom is 0.253 e. The number of carbonyl (C=O) groups is 1. The number of rotatable bonds is 3. The Kier molecular flexibility index (Phi) is 5.79. The Balaban J connectivity index is 1.55. The van der Waals surface area contributed by atoms with E-state index in [1.807, 2.05) is 12.1 Å². The number of hydrogen-bond donors (Lipinski definition) is 1. The van der Waals surface area contributed by atoms with Gasteiger partial charge in [-0.2, -0.15) is 0 Å². The molecule has 0 saturated carbocycles. The van der Waals surface area contributed by atoms with Gasteiger partial charge in [-0.05, 0) is 24.3 Å². The number of benzene rings is 1. The number of alkyl halides is 2. The standard InChI is InChI=1S/C24H25ClF2N4O/c1-23(2,3)20-13-15(6-9-28-20)21-29-14-19(30-21)17-5-4-16(12-18(17)25)22(32)31-10-7-24(26,27)8-11-31/h4-6,9,12-14H,7-8,10-11H2,1-3H3,(H,29,30). The fraction of sp³-hybridized carbons (Fsp3) is 0.375. The van der Waals surface area contributed by atoms with E-state index in [1.165, 1.54) is 4.90 Å². The number of halogens is 3. The first-order chi connectivity index (χ1) is 15.0. The molecule has 3 heterocycles. The molecule has 1 N–H and O–H groups in total. The number of imidazole rings is 1. The Labute approximate surface area is 190 Å². The van der Waals surface area contributed by atoms with Crippen LogP contribution in [0.5, 0.6) is 0 Å². The van der Waals surface area contributed by atoms with Crippen LogP contribution in [0.4, 0.5) is 8.78 Å². The van der Waals surface area contributed by atoms with Gasteiger partial charge in [-0.3, -0.25) is 9.78 Å². The molecule has 168 valence electrons. The van der Waals surface area contributed by atoms with E-state index in [9.17, 15) is 13.6 Å². The van der Waals surface area contributed by atoms with Crippen LogP contribution in [-0.2, 0) is 5.41 Å². The number of pyridine rings is 1. The summed E-state index contributed by atoms with van der Waals surface area (Å²) in [6.45, 7) is 6.38. The Hall–Kier alpha value is -2.80. The van der Waals surface area contributed by atoms with Crippen molar-refractivity contribution in [2.75, 3.05) is 13.1 Å². The average molecular weight is 459 g/mol. The summed E-state index contributed by atoms with van der Waals surface area (Å²) in [6.07, 6.45) is 2.91.